The molecule has 0 radical (unpaired) electrons. The number of pyridine rings is 1. The minimum atomic E-state index is -0.369. The Kier molecular flexibility index (Phi) is 3.06. The van der Waals surface area contributed by atoms with Crippen LogP contribution in [0.4, 0.5) is 0 Å². The van der Waals surface area contributed by atoms with Crippen molar-refractivity contribution in [1.82, 2.24) is 4.98 Å². The van der Waals surface area contributed by atoms with Gasteiger partial charge >= 0.3 is 0 Å². The normalized spacial score (nSPS) is 17.8. The number of aliphatic hydroxyl groups excluding tert-OH is 1. The van der Waals surface area contributed by atoms with Crippen molar-refractivity contribution in [3.05, 3.63) is 29.1 Å². The van der Waals surface area contributed by atoms with Gasteiger partial charge in [0, 0.05) is 6.20 Å². The third-order valence-corrected chi connectivity index (χ3v) is 3.12. The summed E-state index contributed by atoms with van der Waals surface area (Å²) in [6.45, 7) is 4.05. The SMILES string of the molecule is Cc1cnc(C(O)CCC2CC2)c(C)c1. The Labute approximate surface area is 91.4 Å². The third-order valence-electron chi connectivity index (χ3n) is 3.12. The molecule has 1 saturated carbocycles. The van der Waals surface area contributed by atoms with Gasteiger partial charge in [0.15, 0.2) is 0 Å². The summed E-state index contributed by atoms with van der Waals surface area (Å²) in [7, 11) is 0. The summed E-state index contributed by atoms with van der Waals surface area (Å²) in [4.78, 5) is 4.33. The van der Waals surface area contributed by atoms with Crippen LogP contribution in [0.3, 0.4) is 0 Å². The maximum absolute atomic E-state index is 10.0. The van der Waals surface area contributed by atoms with Crippen molar-refractivity contribution < 1.29 is 5.11 Å². The number of rotatable bonds is 4. The zero-order valence-electron chi connectivity index (χ0n) is 9.53. The molecule has 82 valence electrons. The molecule has 1 heterocycles. The van der Waals surface area contributed by atoms with E-state index in [0.717, 1.165) is 35.6 Å². The van der Waals surface area contributed by atoms with Crippen LogP contribution in [-0.2, 0) is 0 Å². The highest BCUT2D eigenvalue weighted by atomic mass is 16.3. The molecule has 1 N–H and O–H groups in total. The first kappa shape index (κ1) is 10.6. The van der Waals surface area contributed by atoms with Crippen molar-refractivity contribution in [2.45, 2.75) is 45.6 Å². The van der Waals surface area contributed by atoms with Crippen LogP contribution < -0.4 is 0 Å². The molecular weight excluding hydrogens is 186 g/mol. The Bertz CT molecular complexity index is 344. The summed E-state index contributed by atoms with van der Waals surface area (Å²) in [5, 5.41) is 10.0. The number of aromatic nitrogens is 1. The molecule has 0 saturated heterocycles. The Balaban J connectivity index is 1.99. The molecule has 0 spiro atoms. The minimum Gasteiger partial charge on any atom is -0.387 e. The van der Waals surface area contributed by atoms with Crippen LogP contribution in [0.25, 0.3) is 0 Å². The highest BCUT2D eigenvalue weighted by Gasteiger charge is 2.23. The number of hydrogen-bond acceptors (Lipinski definition) is 2. The summed E-state index contributed by atoms with van der Waals surface area (Å²) in [6.07, 6.45) is 6.19. The number of aryl methyl sites for hydroxylation is 2. The van der Waals surface area contributed by atoms with Crippen LogP contribution in [0.15, 0.2) is 12.3 Å². The number of hydrogen-bond donors (Lipinski definition) is 1. The molecule has 0 aromatic carbocycles. The lowest BCUT2D eigenvalue weighted by atomic mass is 10.0. The molecule has 0 bridgehead atoms. The lowest BCUT2D eigenvalue weighted by molar-refractivity contribution is 0.157. The van der Waals surface area contributed by atoms with Crippen molar-refractivity contribution in [2.24, 2.45) is 5.92 Å². The van der Waals surface area contributed by atoms with Crippen molar-refractivity contribution in [1.29, 1.82) is 0 Å². The molecule has 1 aliphatic carbocycles. The van der Waals surface area contributed by atoms with Crippen molar-refractivity contribution >= 4 is 0 Å². The minimum absolute atomic E-state index is 0.369. The van der Waals surface area contributed by atoms with Crippen LogP contribution in [-0.4, -0.2) is 10.1 Å². The van der Waals surface area contributed by atoms with Crippen LogP contribution in [0.5, 0.6) is 0 Å². The van der Waals surface area contributed by atoms with Gasteiger partial charge in [0.25, 0.3) is 0 Å². The topological polar surface area (TPSA) is 33.1 Å². The molecule has 0 aliphatic heterocycles. The van der Waals surface area contributed by atoms with E-state index in [1.807, 2.05) is 20.0 Å². The van der Waals surface area contributed by atoms with Gasteiger partial charge in [0.05, 0.1) is 11.8 Å². The predicted molar refractivity (Wildman–Crippen MR) is 60.6 cm³/mol. The molecule has 1 aromatic heterocycles. The van der Waals surface area contributed by atoms with Crippen LogP contribution in [0.2, 0.25) is 0 Å². The van der Waals surface area contributed by atoms with E-state index >= 15 is 0 Å². The van der Waals surface area contributed by atoms with Gasteiger partial charge in [-0.15, -0.1) is 0 Å². The summed E-state index contributed by atoms with van der Waals surface area (Å²) in [6, 6.07) is 2.09. The highest BCUT2D eigenvalue weighted by molar-refractivity contribution is 5.24. The van der Waals surface area contributed by atoms with Gasteiger partial charge in [-0.25, -0.2) is 0 Å². The fraction of sp³-hybridized carbons (Fsp3) is 0.615. The van der Waals surface area contributed by atoms with Crippen LogP contribution in [0.1, 0.15) is 48.6 Å². The Morgan fingerprint density at radius 1 is 1.47 bits per heavy atom. The zero-order valence-corrected chi connectivity index (χ0v) is 9.53. The van der Waals surface area contributed by atoms with Gasteiger partial charge in [-0.3, -0.25) is 4.98 Å². The highest BCUT2D eigenvalue weighted by Crippen LogP contribution is 2.35. The molecular formula is C13H19NO. The second-order valence-corrected chi connectivity index (χ2v) is 4.75. The first-order chi connectivity index (χ1) is 7.16. The third kappa shape index (κ3) is 2.78. The summed E-state index contributed by atoms with van der Waals surface area (Å²) >= 11 is 0. The van der Waals surface area contributed by atoms with Gasteiger partial charge in [-0.2, -0.15) is 0 Å². The molecule has 1 fully saturated rings. The lowest BCUT2D eigenvalue weighted by Gasteiger charge is -2.12. The molecule has 1 aromatic rings. The summed E-state index contributed by atoms with van der Waals surface area (Å²) < 4.78 is 0. The average molecular weight is 205 g/mol. The molecule has 2 nitrogen and oxygen atoms in total. The van der Waals surface area contributed by atoms with E-state index in [2.05, 4.69) is 11.1 Å². The quantitative estimate of drug-likeness (QED) is 0.819. The number of nitrogens with zero attached hydrogens (tertiary/aromatic N) is 1. The maximum atomic E-state index is 10.0. The first-order valence-electron chi connectivity index (χ1n) is 5.78. The molecule has 1 atom stereocenters. The molecule has 2 rings (SSSR count). The van der Waals surface area contributed by atoms with Gasteiger partial charge in [0.1, 0.15) is 0 Å². The van der Waals surface area contributed by atoms with Crippen molar-refractivity contribution in [3.63, 3.8) is 0 Å². The second kappa shape index (κ2) is 4.31. The van der Waals surface area contributed by atoms with E-state index in [9.17, 15) is 5.11 Å². The Morgan fingerprint density at radius 2 is 2.20 bits per heavy atom. The van der Waals surface area contributed by atoms with E-state index in [1.165, 1.54) is 12.8 Å². The molecule has 0 amide bonds. The van der Waals surface area contributed by atoms with Crippen LogP contribution in [0, 0.1) is 19.8 Å². The summed E-state index contributed by atoms with van der Waals surface area (Å²) in [5.41, 5.74) is 3.13. The molecule has 1 aliphatic rings. The monoisotopic (exact) mass is 205 g/mol. The van der Waals surface area contributed by atoms with Gasteiger partial charge in [-0.1, -0.05) is 18.9 Å². The second-order valence-electron chi connectivity index (χ2n) is 4.75. The molecule has 15 heavy (non-hydrogen) atoms. The lowest BCUT2D eigenvalue weighted by Crippen LogP contribution is -2.03. The number of aliphatic hydroxyl groups is 1. The van der Waals surface area contributed by atoms with Crippen molar-refractivity contribution in [2.75, 3.05) is 0 Å². The zero-order chi connectivity index (χ0) is 10.8. The van der Waals surface area contributed by atoms with E-state index in [1.54, 1.807) is 0 Å². The van der Waals surface area contributed by atoms with Gasteiger partial charge < -0.3 is 5.11 Å². The standard InChI is InChI=1S/C13H19NO/c1-9-7-10(2)13(14-8-9)12(15)6-5-11-3-4-11/h7-8,11-12,15H,3-6H2,1-2H3. The van der Waals surface area contributed by atoms with E-state index < -0.39 is 0 Å². The van der Waals surface area contributed by atoms with E-state index in [-0.39, 0.29) is 6.10 Å². The Hall–Kier alpha value is -0.890. The smallest absolute Gasteiger partial charge is 0.0962 e. The van der Waals surface area contributed by atoms with E-state index in [4.69, 9.17) is 0 Å². The predicted octanol–water partition coefficient (Wildman–Crippen LogP) is 2.92. The van der Waals surface area contributed by atoms with Gasteiger partial charge in [0.2, 0.25) is 0 Å². The molecule has 1 unspecified atom stereocenters. The van der Waals surface area contributed by atoms with Crippen molar-refractivity contribution in [3.8, 4) is 0 Å². The molecule has 2 heteroatoms. The fourth-order valence-corrected chi connectivity index (χ4v) is 2.01. The maximum Gasteiger partial charge on any atom is 0.0962 e. The average Bonchev–Trinajstić information content (AvgIpc) is 2.97. The largest absolute Gasteiger partial charge is 0.387 e. The fourth-order valence-electron chi connectivity index (χ4n) is 2.01. The van der Waals surface area contributed by atoms with E-state index in [0.29, 0.717) is 0 Å². The van der Waals surface area contributed by atoms with Crippen LogP contribution >= 0.6 is 0 Å². The Morgan fingerprint density at radius 3 is 2.80 bits per heavy atom. The van der Waals surface area contributed by atoms with Gasteiger partial charge in [-0.05, 0) is 43.7 Å². The first-order valence-corrected chi connectivity index (χ1v) is 5.78. The summed E-state index contributed by atoms with van der Waals surface area (Å²) in [5.74, 6) is 0.880.